The quantitative estimate of drug-likeness (QED) is 0.858. The highest BCUT2D eigenvalue weighted by Crippen LogP contribution is 2.12. The van der Waals surface area contributed by atoms with E-state index in [9.17, 15) is 0 Å². The van der Waals surface area contributed by atoms with E-state index in [1.807, 2.05) is 0 Å². The Morgan fingerprint density at radius 3 is 2.39 bits per heavy atom. The molecule has 0 aliphatic carbocycles. The number of nitrogen functional groups attached to an aromatic ring is 1. The Hall–Kier alpha value is -1.49. The fraction of sp³-hybridized carbons (Fsp3) is 0.462. The molecule has 2 heterocycles. The van der Waals surface area contributed by atoms with Crippen LogP contribution in [0.1, 0.15) is 28.4 Å². The lowest BCUT2D eigenvalue weighted by atomic mass is 10.2. The van der Waals surface area contributed by atoms with Gasteiger partial charge in [0.15, 0.2) is 11.4 Å². The van der Waals surface area contributed by atoms with Crippen LogP contribution in [0, 0.1) is 20.8 Å². The summed E-state index contributed by atoms with van der Waals surface area (Å²) >= 11 is 1.48. The number of anilines is 1. The van der Waals surface area contributed by atoms with E-state index < -0.39 is 0 Å². The van der Waals surface area contributed by atoms with Crippen molar-refractivity contribution in [2.45, 2.75) is 40.2 Å². The highest BCUT2D eigenvalue weighted by molar-refractivity contribution is 7.15. The molecule has 18 heavy (non-hydrogen) atoms. The first-order chi connectivity index (χ1) is 8.56. The van der Waals surface area contributed by atoms with E-state index in [2.05, 4.69) is 47.7 Å². The smallest absolute Gasteiger partial charge is 0.203 e. The fourth-order valence-corrected chi connectivity index (χ4v) is 2.89. The van der Waals surface area contributed by atoms with Gasteiger partial charge in [0, 0.05) is 38.8 Å². The largest absolute Gasteiger partial charge is 0.374 e. The van der Waals surface area contributed by atoms with E-state index >= 15 is 0 Å². The van der Waals surface area contributed by atoms with E-state index in [1.165, 1.54) is 28.3 Å². The van der Waals surface area contributed by atoms with Gasteiger partial charge in [-0.2, -0.15) is 0 Å². The second-order valence-electron chi connectivity index (χ2n) is 4.60. The molecule has 4 nitrogen and oxygen atoms in total. The van der Waals surface area contributed by atoms with Gasteiger partial charge in [-0.3, -0.25) is 0 Å². The fourth-order valence-electron chi connectivity index (χ4n) is 2.24. The molecule has 0 saturated carbocycles. The molecule has 2 aromatic heterocycles. The Kier molecular flexibility index (Phi) is 3.91. The van der Waals surface area contributed by atoms with Gasteiger partial charge < -0.3 is 5.73 Å². The Morgan fingerprint density at radius 2 is 1.83 bits per heavy atom. The lowest BCUT2D eigenvalue weighted by molar-refractivity contribution is -0.708. The topological polar surface area (TPSA) is 55.7 Å². The van der Waals surface area contributed by atoms with Gasteiger partial charge in [0.2, 0.25) is 5.13 Å². The van der Waals surface area contributed by atoms with Gasteiger partial charge in [-0.25, -0.2) is 4.57 Å². The lowest BCUT2D eigenvalue weighted by Crippen LogP contribution is -2.40. The van der Waals surface area contributed by atoms with Crippen LogP contribution in [0.25, 0.3) is 0 Å². The monoisotopic (exact) mass is 263 g/mol. The maximum atomic E-state index is 5.57. The van der Waals surface area contributed by atoms with E-state index in [1.54, 1.807) is 0 Å². The third-order valence-electron chi connectivity index (χ3n) is 2.98. The molecule has 0 bridgehead atoms. The van der Waals surface area contributed by atoms with Gasteiger partial charge in [0.25, 0.3) is 0 Å². The summed E-state index contributed by atoms with van der Waals surface area (Å²) in [5, 5.41) is 9.45. The van der Waals surface area contributed by atoms with Crippen molar-refractivity contribution in [2.75, 3.05) is 5.73 Å². The van der Waals surface area contributed by atoms with Crippen molar-refractivity contribution < 1.29 is 4.57 Å². The average Bonchev–Trinajstić information content (AvgIpc) is 2.68. The highest BCUT2D eigenvalue weighted by Gasteiger charge is 2.11. The summed E-state index contributed by atoms with van der Waals surface area (Å²) in [5.41, 5.74) is 9.50. The van der Waals surface area contributed by atoms with Crippen LogP contribution in [0.2, 0.25) is 0 Å². The molecule has 0 spiro atoms. The van der Waals surface area contributed by atoms with Gasteiger partial charge >= 0.3 is 0 Å². The molecule has 2 aromatic rings. The summed E-state index contributed by atoms with van der Waals surface area (Å²) in [6.07, 6.45) is 2.00. The molecule has 0 unspecified atom stereocenters. The second-order valence-corrected chi connectivity index (χ2v) is 5.70. The van der Waals surface area contributed by atoms with Crippen LogP contribution in [-0.4, -0.2) is 10.2 Å². The van der Waals surface area contributed by atoms with E-state index in [-0.39, 0.29) is 0 Å². The molecular formula is C13H19N4S+. The summed E-state index contributed by atoms with van der Waals surface area (Å²) in [6.45, 7) is 7.46. The molecule has 0 radical (unpaired) electrons. The minimum absolute atomic E-state index is 0.556. The zero-order valence-corrected chi connectivity index (χ0v) is 11.9. The van der Waals surface area contributed by atoms with E-state index in [0.717, 1.165) is 24.4 Å². The maximum Gasteiger partial charge on any atom is 0.203 e. The van der Waals surface area contributed by atoms with Crippen LogP contribution in [0.5, 0.6) is 0 Å². The van der Waals surface area contributed by atoms with Gasteiger partial charge in [0.05, 0.1) is 0 Å². The van der Waals surface area contributed by atoms with Gasteiger partial charge in [0.1, 0.15) is 11.6 Å². The second kappa shape index (κ2) is 5.44. The lowest BCUT2D eigenvalue weighted by Gasteiger charge is -2.04. The van der Waals surface area contributed by atoms with Gasteiger partial charge in [-0.1, -0.05) is 11.3 Å². The zero-order valence-electron chi connectivity index (χ0n) is 11.1. The summed E-state index contributed by atoms with van der Waals surface area (Å²) < 4.78 is 2.34. The molecule has 96 valence electrons. The van der Waals surface area contributed by atoms with Crippen LogP contribution >= 0.6 is 11.3 Å². The molecule has 0 amide bonds. The number of rotatable bonds is 4. The molecule has 2 rings (SSSR count). The maximum absolute atomic E-state index is 5.57. The van der Waals surface area contributed by atoms with Crippen molar-refractivity contribution in [1.29, 1.82) is 0 Å². The third kappa shape index (κ3) is 3.04. The molecule has 0 atom stereocenters. The third-order valence-corrected chi connectivity index (χ3v) is 3.79. The predicted octanol–water partition coefficient (Wildman–Crippen LogP) is 1.97. The number of nitrogens with two attached hydrogens (primary N) is 1. The van der Waals surface area contributed by atoms with Crippen molar-refractivity contribution in [3.05, 3.63) is 34.1 Å². The number of hydrogen-bond acceptors (Lipinski definition) is 4. The molecular weight excluding hydrogens is 244 g/mol. The van der Waals surface area contributed by atoms with Crippen LogP contribution in [0.4, 0.5) is 5.13 Å². The Bertz CT molecular complexity index is 525. The standard InChI is InChI=1S/C13H19N4S/c1-9-7-10(2)17(11(3)8-9)6-4-5-12-15-16-13(14)18-12/h7-8H,4-6H2,1-3H3,(H2,14,16)/q+1. The predicted molar refractivity (Wildman–Crippen MR) is 73.5 cm³/mol. The Labute approximate surface area is 111 Å². The summed E-state index contributed by atoms with van der Waals surface area (Å²) in [6, 6.07) is 4.44. The molecule has 2 N–H and O–H groups in total. The van der Waals surface area contributed by atoms with Gasteiger partial charge in [-0.15, -0.1) is 10.2 Å². The summed E-state index contributed by atoms with van der Waals surface area (Å²) in [4.78, 5) is 0. The van der Waals surface area contributed by atoms with Crippen LogP contribution in [0.15, 0.2) is 12.1 Å². The van der Waals surface area contributed by atoms with Crippen LogP contribution in [0.3, 0.4) is 0 Å². The molecule has 0 aromatic carbocycles. The average molecular weight is 263 g/mol. The van der Waals surface area contributed by atoms with Crippen molar-refractivity contribution in [3.8, 4) is 0 Å². The first kappa shape index (κ1) is 13.0. The number of hydrogen-bond donors (Lipinski definition) is 1. The van der Waals surface area contributed by atoms with Crippen molar-refractivity contribution in [2.24, 2.45) is 0 Å². The van der Waals surface area contributed by atoms with Crippen LogP contribution in [-0.2, 0) is 13.0 Å². The van der Waals surface area contributed by atoms with E-state index in [0.29, 0.717) is 5.13 Å². The first-order valence-electron chi connectivity index (χ1n) is 6.12. The molecule has 0 aliphatic heterocycles. The summed E-state index contributed by atoms with van der Waals surface area (Å²) in [7, 11) is 0. The minimum atomic E-state index is 0.556. The van der Waals surface area contributed by atoms with Crippen LogP contribution < -0.4 is 10.3 Å². The zero-order chi connectivity index (χ0) is 13.1. The molecule has 0 saturated heterocycles. The van der Waals surface area contributed by atoms with E-state index in [4.69, 9.17) is 5.73 Å². The normalized spacial score (nSPS) is 10.8. The van der Waals surface area contributed by atoms with Crippen molar-refractivity contribution in [3.63, 3.8) is 0 Å². The first-order valence-corrected chi connectivity index (χ1v) is 6.93. The minimum Gasteiger partial charge on any atom is -0.374 e. The number of nitrogens with zero attached hydrogens (tertiary/aromatic N) is 3. The van der Waals surface area contributed by atoms with Crippen molar-refractivity contribution in [1.82, 2.24) is 10.2 Å². The Balaban J connectivity index is 1.98. The molecule has 5 heteroatoms. The Morgan fingerprint density at radius 1 is 1.17 bits per heavy atom. The number of aryl methyl sites for hydroxylation is 4. The van der Waals surface area contributed by atoms with Crippen molar-refractivity contribution >= 4 is 16.5 Å². The highest BCUT2D eigenvalue weighted by atomic mass is 32.1. The summed E-state index contributed by atoms with van der Waals surface area (Å²) in [5.74, 6) is 0. The molecule has 0 aliphatic rings. The SMILES string of the molecule is Cc1cc(C)[n+](CCCc2nnc(N)s2)c(C)c1. The van der Waals surface area contributed by atoms with Gasteiger partial charge in [-0.05, 0) is 12.5 Å². The molecule has 0 fully saturated rings. The number of pyridine rings is 1. The number of aromatic nitrogens is 3.